The number of nitrogens with zero attached hydrogens (tertiary/aromatic N) is 2. The van der Waals surface area contributed by atoms with Gasteiger partial charge in [-0.2, -0.15) is 0 Å². The molecule has 0 unspecified atom stereocenters. The van der Waals surface area contributed by atoms with E-state index in [0.29, 0.717) is 5.71 Å². The number of carbonyl (C=O) groups is 1. The maximum Gasteiger partial charge on any atom is 0.239 e. The number of rotatable bonds is 2. The van der Waals surface area contributed by atoms with Gasteiger partial charge in [-0.1, -0.05) is 12.1 Å². The maximum absolute atomic E-state index is 11.6. The van der Waals surface area contributed by atoms with Gasteiger partial charge < -0.3 is 0 Å². The Morgan fingerprint density at radius 1 is 1.44 bits per heavy atom. The highest BCUT2D eigenvalue weighted by molar-refractivity contribution is 8.16. The molecule has 2 aromatic rings. The number of thioether (sulfide) groups is 1. The molecule has 0 aliphatic carbocycles. The van der Waals surface area contributed by atoms with E-state index in [1.807, 2.05) is 24.3 Å². The topological polar surface area (TPSA) is 42.3 Å². The predicted molar refractivity (Wildman–Crippen MR) is 69.5 cm³/mol. The molecule has 0 saturated heterocycles. The number of aromatic nitrogens is 1. The van der Waals surface area contributed by atoms with Crippen LogP contribution in [0.5, 0.6) is 0 Å². The van der Waals surface area contributed by atoms with E-state index < -0.39 is 0 Å². The average Bonchev–Trinajstić information content (AvgIpc) is 2.69. The van der Waals surface area contributed by atoms with Gasteiger partial charge in [-0.25, -0.2) is 4.98 Å². The molecule has 1 aromatic heterocycles. The highest BCUT2D eigenvalue weighted by Gasteiger charge is 2.11. The zero-order valence-electron chi connectivity index (χ0n) is 8.93. The molecule has 1 aromatic carbocycles. The van der Waals surface area contributed by atoms with E-state index in [9.17, 15) is 4.79 Å². The van der Waals surface area contributed by atoms with Gasteiger partial charge in [0.25, 0.3) is 0 Å². The van der Waals surface area contributed by atoms with Gasteiger partial charge in [0.2, 0.25) is 5.12 Å². The first-order valence-corrected chi connectivity index (χ1v) is 6.35. The van der Waals surface area contributed by atoms with Crippen molar-refractivity contribution in [2.75, 3.05) is 7.05 Å². The van der Waals surface area contributed by atoms with E-state index in [4.69, 9.17) is 0 Å². The van der Waals surface area contributed by atoms with Crippen LogP contribution in [0.1, 0.15) is 6.92 Å². The Labute approximate surface area is 102 Å². The van der Waals surface area contributed by atoms with E-state index >= 15 is 0 Å². The number of hydrogen-bond donors (Lipinski definition) is 0. The van der Waals surface area contributed by atoms with Gasteiger partial charge in [0, 0.05) is 7.05 Å². The highest BCUT2D eigenvalue weighted by atomic mass is 32.2. The Kier molecular flexibility index (Phi) is 3.36. The normalized spacial score (nSPS) is 12.0. The van der Waals surface area contributed by atoms with Crippen LogP contribution in [0.15, 0.2) is 33.6 Å². The van der Waals surface area contributed by atoms with Crippen LogP contribution >= 0.6 is 23.1 Å². The summed E-state index contributed by atoms with van der Waals surface area (Å²) in [6.45, 7) is 1.71. The smallest absolute Gasteiger partial charge is 0.239 e. The molecule has 0 saturated carbocycles. The van der Waals surface area contributed by atoms with Gasteiger partial charge in [-0.15, -0.1) is 11.3 Å². The van der Waals surface area contributed by atoms with Crippen LogP contribution in [0.4, 0.5) is 0 Å². The van der Waals surface area contributed by atoms with E-state index in [1.54, 1.807) is 14.0 Å². The third-order valence-corrected chi connectivity index (χ3v) is 4.16. The fourth-order valence-corrected chi connectivity index (χ4v) is 3.04. The number of hydrogen-bond acceptors (Lipinski definition) is 5. The minimum Gasteiger partial charge on any atom is -0.289 e. The molecule has 0 N–H and O–H groups in total. The van der Waals surface area contributed by atoms with Crippen molar-refractivity contribution in [3.8, 4) is 0 Å². The number of fused-ring (bicyclic) bond motifs is 1. The molecule has 0 aliphatic rings. The Morgan fingerprint density at radius 3 is 2.88 bits per heavy atom. The van der Waals surface area contributed by atoms with Crippen molar-refractivity contribution < 1.29 is 4.79 Å². The minimum absolute atomic E-state index is 0.0402. The summed E-state index contributed by atoms with van der Waals surface area (Å²) >= 11 is 2.67. The molecular weight excluding hydrogens is 240 g/mol. The fraction of sp³-hybridized carbons (Fsp3) is 0.182. The van der Waals surface area contributed by atoms with Gasteiger partial charge >= 0.3 is 0 Å². The van der Waals surface area contributed by atoms with Crippen molar-refractivity contribution in [3.63, 3.8) is 0 Å². The first kappa shape index (κ1) is 11.3. The Hall–Kier alpha value is -1.20. The van der Waals surface area contributed by atoms with Crippen molar-refractivity contribution in [2.24, 2.45) is 4.99 Å². The number of thiazole rings is 1. The van der Waals surface area contributed by atoms with E-state index in [1.165, 1.54) is 11.3 Å². The number of para-hydroxylation sites is 1. The second-order valence-electron chi connectivity index (χ2n) is 3.15. The lowest BCUT2D eigenvalue weighted by molar-refractivity contribution is -0.105. The average molecular weight is 250 g/mol. The van der Waals surface area contributed by atoms with Crippen molar-refractivity contribution in [1.82, 2.24) is 4.98 Å². The van der Waals surface area contributed by atoms with E-state index in [0.717, 1.165) is 26.3 Å². The van der Waals surface area contributed by atoms with Crippen LogP contribution in [0, 0.1) is 0 Å². The molecule has 0 bridgehead atoms. The molecule has 5 heteroatoms. The Morgan fingerprint density at radius 2 is 2.19 bits per heavy atom. The van der Waals surface area contributed by atoms with Gasteiger partial charge in [0.1, 0.15) is 0 Å². The number of benzene rings is 1. The molecular formula is C11H10N2OS2. The van der Waals surface area contributed by atoms with Crippen LogP contribution in [0.25, 0.3) is 10.2 Å². The number of aliphatic imine (C=N–C) groups is 1. The molecule has 0 spiro atoms. The lowest BCUT2D eigenvalue weighted by atomic mass is 10.3. The van der Waals surface area contributed by atoms with Crippen molar-refractivity contribution >= 4 is 44.1 Å². The molecule has 16 heavy (non-hydrogen) atoms. The minimum atomic E-state index is -0.0402. The van der Waals surface area contributed by atoms with Crippen molar-refractivity contribution in [2.45, 2.75) is 11.3 Å². The molecule has 0 atom stereocenters. The van der Waals surface area contributed by atoms with Crippen molar-refractivity contribution in [3.05, 3.63) is 24.3 Å². The van der Waals surface area contributed by atoms with Crippen LogP contribution in [0.2, 0.25) is 0 Å². The SMILES string of the molecule is CN=C(C)C(=O)Sc1nc2ccccc2s1. The van der Waals surface area contributed by atoms with Gasteiger partial charge in [0.15, 0.2) is 4.34 Å². The summed E-state index contributed by atoms with van der Waals surface area (Å²) in [5.74, 6) is 0. The summed E-state index contributed by atoms with van der Waals surface area (Å²) in [5.41, 5.74) is 1.46. The quantitative estimate of drug-likeness (QED) is 0.608. The monoisotopic (exact) mass is 250 g/mol. The number of carbonyl (C=O) groups excluding carboxylic acids is 1. The summed E-state index contributed by atoms with van der Waals surface area (Å²) in [4.78, 5) is 19.9. The summed E-state index contributed by atoms with van der Waals surface area (Å²) in [6.07, 6.45) is 0. The van der Waals surface area contributed by atoms with Gasteiger partial charge in [-0.3, -0.25) is 9.79 Å². The molecule has 0 aliphatic heterocycles. The molecule has 2 rings (SSSR count). The third-order valence-electron chi connectivity index (χ3n) is 2.09. The van der Waals surface area contributed by atoms with Crippen LogP contribution in [0.3, 0.4) is 0 Å². The summed E-state index contributed by atoms with van der Waals surface area (Å²) in [6, 6.07) is 7.86. The fourth-order valence-electron chi connectivity index (χ4n) is 1.14. The molecule has 0 fully saturated rings. The van der Waals surface area contributed by atoms with Crippen LogP contribution in [-0.2, 0) is 4.79 Å². The lowest BCUT2D eigenvalue weighted by Gasteiger charge is -1.93. The molecule has 0 radical (unpaired) electrons. The molecule has 3 nitrogen and oxygen atoms in total. The van der Waals surface area contributed by atoms with E-state index in [-0.39, 0.29) is 5.12 Å². The second-order valence-corrected chi connectivity index (χ2v) is 5.40. The zero-order valence-corrected chi connectivity index (χ0v) is 10.6. The standard InChI is InChI=1S/C11H10N2OS2/c1-7(12-2)10(14)16-11-13-8-5-3-4-6-9(8)15-11/h3-6H,1-2H3. The highest BCUT2D eigenvalue weighted by Crippen LogP contribution is 2.29. The molecule has 82 valence electrons. The second kappa shape index (κ2) is 4.76. The van der Waals surface area contributed by atoms with Crippen LogP contribution < -0.4 is 0 Å². The van der Waals surface area contributed by atoms with E-state index in [2.05, 4.69) is 9.98 Å². The van der Waals surface area contributed by atoms with Gasteiger partial charge in [0.05, 0.1) is 15.9 Å². The Balaban J connectivity index is 2.25. The third kappa shape index (κ3) is 2.31. The summed E-state index contributed by atoms with van der Waals surface area (Å²) in [7, 11) is 1.62. The lowest BCUT2D eigenvalue weighted by Crippen LogP contribution is -2.04. The van der Waals surface area contributed by atoms with Gasteiger partial charge in [-0.05, 0) is 30.8 Å². The molecule has 1 heterocycles. The first-order valence-electron chi connectivity index (χ1n) is 4.72. The van der Waals surface area contributed by atoms with Crippen molar-refractivity contribution in [1.29, 1.82) is 0 Å². The summed E-state index contributed by atoms with van der Waals surface area (Å²) < 4.78 is 1.87. The Bertz CT molecular complexity index is 527. The van der Waals surface area contributed by atoms with Crippen LogP contribution in [-0.4, -0.2) is 22.9 Å². The zero-order chi connectivity index (χ0) is 11.5. The summed E-state index contributed by atoms with van der Waals surface area (Å²) in [5, 5.41) is -0.0402. The molecule has 0 amide bonds. The first-order chi connectivity index (χ1) is 7.70. The largest absolute Gasteiger partial charge is 0.289 e. The predicted octanol–water partition coefficient (Wildman–Crippen LogP) is 3.01. The maximum atomic E-state index is 11.6.